The van der Waals surface area contributed by atoms with E-state index in [2.05, 4.69) is 26.9 Å². The summed E-state index contributed by atoms with van der Waals surface area (Å²) < 4.78 is 5.85. The van der Waals surface area contributed by atoms with Crippen molar-refractivity contribution in [2.24, 2.45) is 0 Å². The van der Waals surface area contributed by atoms with Gasteiger partial charge in [0.1, 0.15) is 0 Å². The molecular weight excluding hydrogens is 164 g/mol. The van der Waals surface area contributed by atoms with Gasteiger partial charge in [-0.25, -0.2) is 0 Å². The molecule has 2 heteroatoms. The summed E-state index contributed by atoms with van der Waals surface area (Å²) in [6.45, 7) is 8.90. The van der Waals surface area contributed by atoms with Gasteiger partial charge in [-0.3, -0.25) is 0 Å². The maximum Gasteiger partial charge on any atom is 0.205 e. The standard InChI is InChI=1S/C10H23OSi/c1-5-7-8-9-10(6-2)11-12(3)4/h10H,5-9H2,1-4H3. The van der Waals surface area contributed by atoms with E-state index >= 15 is 0 Å². The molecule has 0 aromatic carbocycles. The van der Waals surface area contributed by atoms with E-state index < -0.39 is 9.04 Å². The van der Waals surface area contributed by atoms with Gasteiger partial charge in [-0.1, -0.05) is 33.1 Å². The first kappa shape index (κ1) is 12.2. The molecule has 12 heavy (non-hydrogen) atoms. The van der Waals surface area contributed by atoms with Crippen LogP contribution in [0.2, 0.25) is 13.1 Å². The van der Waals surface area contributed by atoms with Gasteiger partial charge >= 0.3 is 0 Å². The van der Waals surface area contributed by atoms with E-state index in [0.29, 0.717) is 6.10 Å². The summed E-state index contributed by atoms with van der Waals surface area (Å²) in [5, 5.41) is 0. The molecule has 0 aliphatic rings. The molecule has 1 atom stereocenters. The quantitative estimate of drug-likeness (QED) is 0.437. The highest BCUT2D eigenvalue weighted by Crippen LogP contribution is 2.10. The van der Waals surface area contributed by atoms with Crippen LogP contribution in [0.15, 0.2) is 0 Å². The molecule has 1 radical (unpaired) electrons. The second-order valence-corrected chi connectivity index (χ2v) is 5.60. The molecule has 0 saturated carbocycles. The van der Waals surface area contributed by atoms with E-state index in [9.17, 15) is 0 Å². The zero-order valence-electron chi connectivity index (χ0n) is 9.02. The van der Waals surface area contributed by atoms with Crippen molar-refractivity contribution in [1.82, 2.24) is 0 Å². The highest BCUT2D eigenvalue weighted by atomic mass is 28.3. The molecule has 0 heterocycles. The molecule has 0 bridgehead atoms. The van der Waals surface area contributed by atoms with Gasteiger partial charge in [0, 0.05) is 6.10 Å². The van der Waals surface area contributed by atoms with Gasteiger partial charge in [0.05, 0.1) is 0 Å². The van der Waals surface area contributed by atoms with Crippen LogP contribution < -0.4 is 0 Å². The number of unbranched alkanes of at least 4 members (excludes halogenated alkanes) is 2. The molecular formula is C10H23OSi. The number of hydrogen-bond acceptors (Lipinski definition) is 1. The first-order valence-corrected chi connectivity index (χ1v) is 7.58. The van der Waals surface area contributed by atoms with Crippen LogP contribution in [-0.4, -0.2) is 15.1 Å². The van der Waals surface area contributed by atoms with Crippen LogP contribution in [0.5, 0.6) is 0 Å². The third-order valence-electron chi connectivity index (χ3n) is 1.99. The Morgan fingerprint density at radius 3 is 2.25 bits per heavy atom. The van der Waals surface area contributed by atoms with Gasteiger partial charge in [0.25, 0.3) is 0 Å². The molecule has 0 N–H and O–H groups in total. The summed E-state index contributed by atoms with van der Waals surface area (Å²) in [4.78, 5) is 0. The molecule has 0 aliphatic heterocycles. The van der Waals surface area contributed by atoms with Gasteiger partial charge in [-0.2, -0.15) is 0 Å². The Balaban J connectivity index is 3.39. The summed E-state index contributed by atoms with van der Waals surface area (Å²) in [7, 11) is -0.482. The van der Waals surface area contributed by atoms with Crippen LogP contribution in [-0.2, 0) is 4.43 Å². The van der Waals surface area contributed by atoms with Crippen molar-refractivity contribution in [2.75, 3.05) is 0 Å². The minimum atomic E-state index is -0.482. The Labute approximate surface area is 79.2 Å². The summed E-state index contributed by atoms with van der Waals surface area (Å²) >= 11 is 0. The molecule has 0 aliphatic carbocycles. The fourth-order valence-electron chi connectivity index (χ4n) is 1.30. The SMILES string of the molecule is CCCCCC(CC)O[Si](C)C. The predicted molar refractivity (Wildman–Crippen MR) is 56.8 cm³/mol. The van der Waals surface area contributed by atoms with Crippen LogP contribution in [0, 0.1) is 0 Å². The Morgan fingerprint density at radius 2 is 1.83 bits per heavy atom. The lowest BCUT2D eigenvalue weighted by atomic mass is 10.1. The fraction of sp³-hybridized carbons (Fsp3) is 1.00. The van der Waals surface area contributed by atoms with E-state index in [-0.39, 0.29) is 0 Å². The molecule has 0 aromatic rings. The molecule has 0 aromatic heterocycles. The van der Waals surface area contributed by atoms with Gasteiger partial charge in [0.15, 0.2) is 0 Å². The van der Waals surface area contributed by atoms with E-state index in [0.717, 1.165) is 0 Å². The molecule has 0 amide bonds. The third-order valence-corrected chi connectivity index (χ3v) is 2.79. The van der Waals surface area contributed by atoms with Crippen LogP contribution in [0.1, 0.15) is 46.0 Å². The van der Waals surface area contributed by atoms with Crippen LogP contribution in [0.3, 0.4) is 0 Å². The minimum Gasteiger partial charge on any atom is -0.414 e. The highest BCUT2D eigenvalue weighted by Gasteiger charge is 2.08. The van der Waals surface area contributed by atoms with Crippen LogP contribution >= 0.6 is 0 Å². The summed E-state index contributed by atoms with van der Waals surface area (Å²) in [5.74, 6) is 0. The van der Waals surface area contributed by atoms with Gasteiger partial charge in [-0.05, 0) is 25.9 Å². The number of hydrogen-bond donors (Lipinski definition) is 0. The molecule has 0 spiro atoms. The van der Waals surface area contributed by atoms with Crippen molar-refractivity contribution in [1.29, 1.82) is 0 Å². The van der Waals surface area contributed by atoms with Crippen molar-refractivity contribution < 1.29 is 4.43 Å². The zero-order valence-corrected chi connectivity index (χ0v) is 10.0. The van der Waals surface area contributed by atoms with E-state index in [4.69, 9.17) is 4.43 Å². The van der Waals surface area contributed by atoms with Crippen molar-refractivity contribution >= 4 is 9.04 Å². The van der Waals surface area contributed by atoms with E-state index in [1.807, 2.05) is 0 Å². The van der Waals surface area contributed by atoms with Crippen molar-refractivity contribution in [3.8, 4) is 0 Å². The van der Waals surface area contributed by atoms with E-state index in [1.165, 1.54) is 32.1 Å². The average Bonchev–Trinajstić information content (AvgIpc) is 2.02. The Hall–Kier alpha value is 0.177. The lowest BCUT2D eigenvalue weighted by Gasteiger charge is -2.17. The molecule has 0 fully saturated rings. The summed E-state index contributed by atoms with van der Waals surface area (Å²) in [6, 6.07) is 0. The maximum absolute atomic E-state index is 5.85. The van der Waals surface area contributed by atoms with Crippen LogP contribution in [0.4, 0.5) is 0 Å². The van der Waals surface area contributed by atoms with E-state index in [1.54, 1.807) is 0 Å². The lowest BCUT2D eigenvalue weighted by Crippen LogP contribution is -2.19. The summed E-state index contributed by atoms with van der Waals surface area (Å²) in [6.07, 6.45) is 6.99. The zero-order chi connectivity index (χ0) is 9.40. The minimum absolute atomic E-state index is 0.482. The highest BCUT2D eigenvalue weighted by molar-refractivity contribution is 6.48. The molecule has 1 unspecified atom stereocenters. The van der Waals surface area contributed by atoms with Crippen LogP contribution in [0.25, 0.3) is 0 Å². The molecule has 73 valence electrons. The fourth-order valence-corrected chi connectivity index (χ4v) is 2.25. The number of rotatable bonds is 7. The van der Waals surface area contributed by atoms with Gasteiger partial charge in [-0.15, -0.1) is 0 Å². The first-order valence-electron chi connectivity index (χ1n) is 5.17. The second-order valence-electron chi connectivity index (χ2n) is 3.55. The Kier molecular flexibility index (Phi) is 7.92. The van der Waals surface area contributed by atoms with Crippen molar-refractivity contribution in [3.63, 3.8) is 0 Å². The lowest BCUT2D eigenvalue weighted by molar-refractivity contribution is 0.185. The topological polar surface area (TPSA) is 9.23 Å². The van der Waals surface area contributed by atoms with Crippen molar-refractivity contribution in [2.45, 2.75) is 65.1 Å². The van der Waals surface area contributed by atoms with Gasteiger partial charge in [0.2, 0.25) is 9.04 Å². The maximum atomic E-state index is 5.85. The first-order chi connectivity index (χ1) is 5.70. The second kappa shape index (κ2) is 7.81. The van der Waals surface area contributed by atoms with Gasteiger partial charge < -0.3 is 4.43 Å². The third kappa shape index (κ3) is 6.86. The smallest absolute Gasteiger partial charge is 0.205 e. The molecule has 0 rings (SSSR count). The monoisotopic (exact) mass is 187 g/mol. The molecule has 1 nitrogen and oxygen atoms in total. The predicted octanol–water partition coefficient (Wildman–Crippen LogP) is 3.61. The Morgan fingerprint density at radius 1 is 1.17 bits per heavy atom. The van der Waals surface area contributed by atoms with Crippen molar-refractivity contribution in [3.05, 3.63) is 0 Å². The largest absolute Gasteiger partial charge is 0.414 e. The summed E-state index contributed by atoms with van der Waals surface area (Å²) in [5.41, 5.74) is 0. The molecule has 0 saturated heterocycles. The average molecular weight is 187 g/mol. The normalized spacial score (nSPS) is 13.8. The Bertz CT molecular complexity index is 93.8.